The van der Waals surface area contributed by atoms with Gasteiger partial charge in [0.15, 0.2) is 17.5 Å². The fourth-order valence-electron chi connectivity index (χ4n) is 2.81. The van der Waals surface area contributed by atoms with Gasteiger partial charge in [-0.25, -0.2) is 18.1 Å². The summed E-state index contributed by atoms with van der Waals surface area (Å²) in [6.07, 6.45) is 3.37. The molecule has 0 bridgehead atoms. The standard InChI is InChI=1S/C21H26N6O6S2/c1-27-10-8-16(25-27)13-33-26-19(20(28)24-21-22-12-17(34-21)14-32-3)15-4-6-18(7-5-15)35(29,30)23-9-11-31-2/h4-8,10,12,23H,9,11,13-14H2,1-3H3,(H,22,24,28). The van der Waals surface area contributed by atoms with Gasteiger partial charge >= 0.3 is 0 Å². The molecule has 0 saturated heterocycles. The van der Waals surface area contributed by atoms with Gasteiger partial charge in [-0.2, -0.15) is 5.10 Å². The Morgan fingerprint density at radius 3 is 2.57 bits per heavy atom. The van der Waals surface area contributed by atoms with Gasteiger partial charge in [-0.1, -0.05) is 28.6 Å². The fraction of sp³-hybridized carbons (Fsp3) is 0.333. The van der Waals surface area contributed by atoms with Crippen LogP contribution in [-0.2, 0) is 49.4 Å². The molecule has 0 saturated carbocycles. The number of ether oxygens (including phenoxy) is 2. The van der Waals surface area contributed by atoms with Crippen LogP contribution in [-0.4, -0.2) is 62.2 Å². The molecule has 1 aromatic carbocycles. The number of anilines is 1. The number of oxime groups is 1. The summed E-state index contributed by atoms with van der Waals surface area (Å²) in [4.78, 5) is 23.5. The van der Waals surface area contributed by atoms with Crippen molar-refractivity contribution < 1.29 is 27.5 Å². The van der Waals surface area contributed by atoms with Crippen molar-refractivity contribution in [2.75, 3.05) is 32.7 Å². The van der Waals surface area contributed by atoms with E-state index < -0.39 is 15.9 Å². The van der Waals surface area contributed by atoms with Crippen LogP contribution in [0, 0.1) is 0 Å². The minimum Gasteiger partial charge on any atom is -0.389 e. The first kappa shape index (κ1) is 26.4. The minimum atomic E-state index is -3.73. The maximum atomic E-state index is 13.0. The molecule has 2 heterocycles. The van der Waals surface area contributed by atoms with E-state index in [9.17, 15) is 13.2 Å². The van der Waals surface area contributed by atoms with Crippen LogP contribution in [0.1, 0.15) is 16.1 Å². The Kier molecular flexibility index (Phi) is 9.45. The largest absolute Gasteiger partial charge is 0.389 e. The molecule has 0 spiro atoms. The zero-order valence-electron chi connectivity index (χ0n) is 19.4. The second-order valence-electron chi connectivity index (χ2n) is 7.13. The van der Waals surface area contributed by atoms with E-state index in [2.05, 4.69) is 25.3 Å². The molecular formula is C21H26N6O6S2. The predicted octanol–water partition coefficient (Wildman–Crippen LogP) is 1.51. The van der Waals surface area contributed by atoms with Gasteiger partial charge in [0, 0.05) is 45.8 Å². The molecule has 35 heavy (non-hydrogen) atoms. The van der Waals surface area contributed by atoms with Crippen molar-refractivity contribution >= 4 is 38.1 Å². The number of nitrogens with one attached hydrogen (secondary N) is 2. The lowest BCUT2D eigenvalue weighted by atomic mass is 10.1. The fourth-order valence-corrected chi connectivity index (χ4v) is 4.61. The Hall–Kier alpha value is -3.17. The zero-order valence-corrected chi connectivity index (χ0v) is 21.1. The van der Waals surface area contributed by atoms with Gasteiger partial charge < -0.3 is 14.3 Å². The maximum Gasteiger partial charge on any atom is 0.280 e. The molecule has 0 radical (unpaired) electrons. The summed E-state index contributed by atoms with van der Waals surface area (Å²) < 4.78 is 38.8. The van der Waals surface area contributed by atoms with E-state index >= 15 is 0 Å². The van der Waals surface area contributed by atoms with Crippen LogP contribution in [0.15, 0.2) is 52.8 Å². The van der Waals surface area contributed by atoms with Gasteiger partial charge in [-0.05, 0) is 18.2 Å². The second-order valence-corrected chi connectivity index (χ2v) is 10.0. The molecular weight excluding hydrogens is 496 g/mol. The van der Waals surface area contributed by atoms with E-state index in [1.54, 1.807) is 37.3 Å². The summed E-state index contributed by atoms with van der Waals surface area (Å²) in [5.74, 6) is -0.571. The highest BCUT2D eigenvalue weighted by molar-refractivity contribution is 7.89. The topological polar surface area (TPSA) is 146 Å². The Balaban J connectivity index is 1.80. The van der Waals surface area contributed by atoms with Crippen LogP contribution < -0.4 is 10.0 Å². The molecule has 1 amide bonds. The summed E-state index contributed by atoms with van der Waals surface area (Å²) in [6, 6.07) is 7.48. The van der Waals surface area contributed by atoms with E-state index in [0.29, 0.717) is 23.0 Å². The van der Waals surface area contributed by atoms with E-state index in [1.165, 1.54) is 42.7 Å². The molecule has 0 fully saturated rings. The Bertz CT molecular complexity index is 1250. The van der Waals surface area contributed by atoms with E-state index in [1.807, 2.05) is 0 Å². The number of nitrogens with zero attached hydrogens (tertiary/aromatic N) is 4. The Morgan fingerprint density at radius 1 is 1.14 bits per heavy atom. The summed E-state index contributed by atoms with van der Waals surface area (Å²) in [6.45, 7) is 0.791. The number of carbonyl (C=O) groups is 1. The molecule has 0 unspecified atom stereocenters. The van der Waals surface area contributed by atoms with Crippen LogP contribution in [0.5, 0.6) is 0 Å². The average Bonchev–Trinajstić information content (AvgIpc) is 3.45. The molecule has 14 heteroatoms. The number of hydrogen-bond donors (Lipinski definition) is 2. The quantitative estimate of drug-likeness (QED) is 0.195. The SMILES string of the molecule is COCCNS(=O)(=O)c1ccc(C(=NOCc2ccn(C)n2)C(=O)Nc2ncc(COC)s2)cc1. The van der Waals surface area contributed by atoms with E-state index in [4.69, 9.17) is 14.3 Å². The Morgan fingerprint density at radius 2 is 1.91 bits per heavy atom. The first-order chi connectivity index (χ1) is 16.8. The molecule has 0 aliphatic carbocycles. The number of rotatable bonds is 13. The van der Waals surface area contributed by atoms with Crippen LogP contribution in [0.3, 0.4) is 0 Å². The minimum absolute atomic E-state index is 0.0376. The van der Waals surface area contributed by atoms with Gasteiger partial charge in [-0.15, -0.1) is 0 Å². The van der Waals surface area contributed by atoms with Crippen molar-refractivity contribution in [3.05, 3.63) is 58.9 Å². The molecule has 12 nitrogen and oxygen atoms in total. The summed E-state index contributed by atoms with van der Waals surface area (Å²) in [5.41, 5.74) is 0.928. The van der Waals surface area contributed by atoms with E-state index in [-0.39, 0.29) is 30.4 Å². The number of carbonyl (C=O) groups excluding carboxylic acids is 1. The third-order valence-corrected chi connectivity index (χ3v) is 6.81. The summed E-state index contributed by atoms with van der Waals surface area (Å²) in [5, 5.41) is 11.3. The number of sulfonamides is 1. The second kappa shape index (κ2) is 12.5. The van der Waals surface area contributed by atoms with Crippen LogP contribution in [0.2, 0.25) is 0 Å². The first-order valence-electron chi connectivity index (χ1n) is 10.3. The third kappa shape index (κ3) is 7.66. The van der Waals surface area contributed by atoms with Gasteiger partial charge in [0.1, 0.15) is 5.69 Å². The highest BCUT2D eigenvalue weighted by atomic mass is 32.2. The number of benzene rings is 1. The van der Waals surface area contributed by atoms with Gasteiger partial charge in [0.25, 0.3) is 5.91 Å². The molecule has 188 valence electrons. The zero-order chi connectivity index (χ0) is 25.3. The average molecular weight is 523 g/mol. The van der Waals surface area contributed by atoms with Gasteiger partial charge in [0.2, 0.25) is 10.0 Å². The number of aromatic nitrogens is 3. The molecule has 0 aliphatic rings. The molecule has 3 aromatic rings. The van der Waals surface area contributed by atoms with Crippen molar-refractivity contribution in [3.63, 3.8) is 0 Å². The maximum absolute atomic E-state index is 13.0. The lowest BCUT2D eigenvalue weighted by molar-refractivity contribution is -0.110. The van der Waals surface area contributed by atoms with Crippen LogP contribution >= 0.6 is 11.3 Å². The number of hydrogen-bond acceptors (Lipinski definition) is 10. The molecule has 0 aliphatic heterocycles. The highest BCUT2D eigenvalue weighted by Gasteiger charge is 2.20. The summed E-state index contributed by atoms with van der Waals surface area (Å²) in [7, 11) is 1.09. The van der Waals surface area contributed by atoms with E-state index in [0.717, 1.165) is 4.88 Å². The number of thiazole rings is 1. The van der Waals surface area contributed by atoms with Crippen molar-refractivity contribution in [1.29, 1.82) is 0 Å². The molecule has 3 rings (SSSR count). The number of methoxy groups -OCH3 is 2. The van der Waals surface area contributed by atoms with Crippen molar-refractivity contribution in [1.82, 2.24) is 19.5 Å². The van der Waals surface area contributed by atoms with Gasteiger partial charge in [0.05, 0.1) is 23.0 Å². The number of amides is 1. The van der Waals surface area contributed by atoms with Crippen LogP contribution in [0.4, 0.5) is 5.13 Å². The molecule has 2 aromatic heterocycles. The van der Waals surface area contributed by atoms with Crippen molar-refractivity contribution in [2.24, 2.45) is 12.2 Å². The number of aryl methyl sites for hydroxylation is 1. The molecule has 2 N–H and O–H groups in total. The van der Waals surface area contributed by atoms with Crippen molar-refractivity contribution in [2.45, 2.75) is 18.1 Å². The van der Waals surface area contributed by atoms with Gasteiger partial charge in [-0.3, -0.25) is 14.8 Å². The normalized spacial score (nSPS) is 12.0. The lowest BCUT2D eigenvalue weighted by Gasteiger charge is -2.09. The van der Waals surface area contributed by atoms with Crippen molar-refractivity contribution in [3.8, 4) is 0 Å². The third-order valence-electron chi connectivity index (χ3n) is 4.45. The monoisotopic (exact) mass is 522 g/mol. The molecule has 0 atom stereocenters. The van der Waals surface area contributed by atoms with Crippen LogP contribution in [0.25, 0.3) is 0 Å². The highest BCUT2D eigenvalue weighted by Crippen LogP contribution is 2.19. The predicted molar refractivity (Wildman–Crippen MR) is 129 cm³/mol. The summed E-state index contributed by atoms with van der Waals surface area (Å²) >= 11 is 1.26. The smallest absolute Gasteiger partial charge is 0.280 e. The lowest BCUT2D eigenvalue weighted by Crippen LogP contribution is -2.27. The first-order valence-corrected chi connectivity index (χ1v) is 12.6. The Labute approximate surface area is 207 Å².